The highest BCUT2D eigenvalue weighted by Gasteiger charge is 2.07. The molecule has 0 saturated heterocycles. The third kappa shape index (κ3) is 2.42. The highest BCUT2D eigenvalue weighted by Crippen LogP contribution is 2.29. The Balaban J connectivity index is 1.99. The molecule has 0 atom stereocenters. The number of benzene rings is 1. The van der Waals surface area contributed by atoms with E-state index in [9.17, 15) is 0 Å². The summed E-state index contributed by atoms with van der Waals surface area (Å²) in [6, 6.07) is 8.16. The molecule has 0 radical (unpaired) electrons. The third-order valence-electron chi connectivity index (χ3n) is 2.96. The number of nitrogens with one attached hydrogen (secondary N) is 1. The van der Waals surface area contributed by atoms with Crippen LogP contribution in [0.2, 0.25) is 0 Å². The van der Waals surface area contributed by atoms with E-state index in [-0.39, 0.29) is 0 Å². The summed E-state index contributed by atoms with van der Waals surface area (Å²) in [6.07, 6.45) is 5.66. The molecule has 0 fully saturated rings. The Morgan fingerprint density at radius 3 is 3.00 bits per heavy atom. The second-order valence-corrected chi connectivity index (χ2v) is 5.83. The highest BCUT2D eigenvalue weighted by molar-refractivity contribution is 7.98. The van der Waals surface area contributed by atoms with Crippen molar-refractivity contribution >= 4 is 50.8 Å². The number of hydrogen-bond acceptors (Lipinski definition) is 5. The quantitative estimate of drug-likeness (QED) is 0.702. The average Bonchev–Trinajstić information content (AvgIpc) is 2.94. The van der Waals surface area contributed by atoms with Crippen LogP contribution in [0.1, 0.15) is 5.56 Å². The number of thiazole rings is 1. The first-order chi connectivity index (χ1) is 9.81. The summed E-state index contributed by atoms with van der Waals surface area (Å²) in [4.78, 5) is 8.69. The predicted molar refractivity (Wildman–Crippen MR) is 89.0 cm³/mol. The van der Waals surface area contributed by atoms with Crippen molar-refractivity contribution in [2.75, 3.05) is 11.6 Å². The lowest BCUT2D eigenvalue weighted by atomic mass is 10.2. The van der Waals surface area contributed by atoms with Crippen molar-refractivity contribution in [3.8, 4) is 0 Å². The molecule has 1 aromatic carbocycles. The van der Waals surface area contributed by atoms with Crippen LogP contribution in [-0.2, 0) is 0 Å². The number of aromatic nitrogens is 2. The lowest BCUT2D eigenvalue weighted by molar-refractivity contribution is 1.13. The molecule has 3 rings (SSSR count). The molecule has 100 valence electrons. The number of anilines is 2. The van der Waals surface area contributed by atoms with Crippen molar-refractivity contribution in [3.63, 3.8) is 0 Å². The van der Waals surface area contributed by atoms with Crippen LogP contribution >= 0.6 is 23.1 Å². The maximum absolute atomic E-state index is 4.35. The lowest BCUT2D eigenvalue weighted by Crippen LogP contribution is -1.96. The standard InChI is InChI=1S/C15H13N3S2/c1-3-11-12(6-7-16-15(11)19-2)18-10-4-5-14-13(8-10)17-9-20-14/h3-9H,1H2,2H3,(H,16,18). The molecule has 0 bridgehead atoms. The minimum absolute atomic E-state index is 0.972. The van der Waals surface area contributed by atoms with E-state index in [1.54, 1.807) is 23.1 Å². The fourth-order valence-corrected chi connectivity index (χ4v) is 3.25. The zero-order chi connectivity index (χ0) is 13.9. The van der Waals surface area contributed by atoms with E-state index in [0.717, 1.165) is 27.5 Å². The third-order valence-corrected chi connectivity index (χ3v) is 4.48. The van der Waals surface area contributed by atoms with E-state index in [4.69, 9.17) is 0 Å². The summed E-state index contributed by atoms with van der Waals surface area (Å²) in [5.74, 6) is 0. The Morgan fingerprint density at radius 1 is 1.30 bits per heavy atom. The minimum Gasteiger partial charge on any atom is -0.355 e. The van der Waals surface area contributed by atoms with Gasteiger partial charge in [0.05, 0.1) is 15.7 Å². The summed E-state index contributed by atoms with van der Waals surface area (Å²) in [5.41, 5.74) is 5.93. The molecule has 1 N–H and O–H groups in total. The van der Waals surface area contributed by atoms with Gasteiger partial charge in [-0.2, -0.15) is 0 Å². The molecule has 0 amide bonds. The number of hydrogen-bond donors (Lipinski definition) is 1. The average molecular weight is 299 g/mol. The van der Waals surface area contributed by atoms with Crippen molar-refractivity contribution in [1.82, 2.24) is 9.97 Å². The van der Waals surface area contributed by atoms with Gasteiger partial charge < -0.3 is 5.32 Å². The largest absolute Gasteiger partial charge is 0.355 e. The van der Waals surface area contributed by atoms with Crippen LogP contribution in [0.15, 0.2) is 47.6 Å². The summed E-state index contributed by atoms with van der Waals surface area (Å²) in [6.45, 7) is 3.88. The van der Waals surface area contributed by atoms with Crippen molar-refractivity contribution < 1.29 is 0 Å². The van der Waals surface area contributed by atoms with Crippen LogP contribution in [0.25, 0.3) is 16.3 Å². The monoisotopic (exact) mass is 299 g/mol. The highest BCUT2D eigenvalue weighted by atomic mass is 32.2. The van der Waals surface area contributed by atoms with Crippen LogP contribution < -0.4 is 5.32 Å². The number of rotatable bonds is 4. The molecule has 2 heterocycles. The topological polar surface area (TPSA) is 37.8 Å². The van der Waals surface area contributed by atoms with Gasteiger partial charge in [-0.05, 0) is 30.5 Å². The lowest BCUT2D eigenvalue weighted by Gasteiger charge is -2.11. The van der Waals surface area contributed by atoms with E-state index >= 15 is 0 Å². The smallest absolute Gasteiger partial charge is 0.105 e. The number of thioether (sulfide) groups is 1. The molecule has 3 aromatic rings. The van der Waals surface area contributed by atoms with Gasteiger partial charge in [0.1, 0.15) is 5.03 Å². The fourth-order valence-electron chi connectivity index (χ4n) is 2.01. The first kappa shape index (κ1) is 13.1. The molecule has 0 unspecified atom stereocenters. The van der Waals surface area contributed by atoms with Crippen LogP contribution in [0, 0.1) is 0 Å². The van der Waals surface area contributed by atoms with Crippen LogP contribution in [0.4, 0.5) is 11.4 Å². The molecular weight excluding hydrogens is 286 g/mol. The number of pyridine rings is 1. The van der Waals surface area contributed by atoms with Gasteiger partial charge in [0.15, 0.2) is 0 Å². The van der Waals surface area contributed by atoms with Gasteiger partial charge in [-0.3, -0.25) is 0 Å². The Morgan fingerprint density at radius 2 is 2.20 bits per heavy atom. The zero-order valence-corrected chi connectivity index (χ0v) is 12.6. The minimum atomic E-state index is 0.972. The van der Waals surface area contributed by atoms with Gasteiger partial charge in [-0.15, -0.1) is 23.1 Å². The van der Waals surface area contributed by atoms with Gasteiger partial charge in [0.2, 0.25) is 0 Å². The summed E-state index contributed by atoms with van der Waals surface area (Å²) < 4.78 is 1.19. The molecule has 0 saturated carbocycles. The molecule has 0 aliphatic heterocycles. The van der Waals surface area contributed by atoms with Crippen molar-refractivity contribution in [2.45, 2.75) is 5.03 Å². The van der Waals surface area contributed by atoms with Gasteiger partial charge >= 0.3 is 0 Å². The van der Waals surface area contributed by atoms with Crippen LogP contribution in [0.5, 0.6) is 0 Å². The van der Waals surface area contributed by atoms with Gasteiger partial charge in [0.25, 0.3) is 0 Å². The van der Waals surface area contributed by atoms with Gasteiger partial charge in [-0.25, -0.2) is 9.97 Å². The molecule has 5 heteroatoms. The molecule has 0 aliphatic rings. The van der Waals surface area contributed by atoms with Gasteiger partial charge in [-0.1, -0.05) is 12.7 Å². The van der Waals surface area contributed by atoms with Crippen molar-refractivity contribution in [3.05, 3.63) is 48.1 Å². The molecular formula is C15H13N3S2. The summed E-state index contributed by atoms with van der Waals surface area (Å²) in [5, 5.41) is 4.39. The van der Waals surface area contributed by atoms with Crippen LogP contribution in [0.3, 0.4) is 0 Å². The summed E-state index contributed by atoms with van der Waals surface area (Å²) >= 11 is 3.26. The second-order valence-electron chi connectivity index (χ2n) is 4.15. The van der Waals surface area contributed by atoms with E-state index in [2.05, 4.69) is 40.1 Å². The molecule has 20 heavy (non-hydrogen) atoms. The molecule has 0 spiro atoms. The Hall–Kier alpha value is -1.85. The Labute approximate surface area is 125 Å². The Bertz CT molecular complexity index is 765. The normalized spacial score (nSPS) is 10.7. The van der Waals surface area contributed by atoms with Crippen molar-refractivity contribution in [1.29, 1.82) is 0 Å². The van der Waals surface area contributed by atoms with Gasteiger partial charge in [0, 0.05) is 23.1 Å². The zero-order valence-electron chi connectivity index (χ0n) is 11.0. The first-order valence-electron chi connectivity index (χ1n) is 6.07. The van der Waals surface area contributed by atoms with Crippen LogP contribution in [-0.4, -0.2) is 16.2 Å². The first-order valence-corrected chi connectivity index (χ1v) is 8.18. The molecule has 2 aromatic heterocycles. The fraction of sp³-hybridized carbons (Fsp3) is 0.0667. The van der Waals surface area contributed by atoms with E-state index < -0.39 is 0 Å². The Kier molecular flexibility index (Phi) is 3.71. The second kappa shape index (κ2) is 5.64. The van der Waals surface area contributed by atoms with Crippen molar-refractivity contribution in [2.24, 2.45) is 0 Å². The maximum atomic E-state index is 4.35. The number of fused-ring (bicyclic) bond motifs is 1. The SMILES string of the molecule is C=Cc1c(Nc2ccc3scnc3c2)ccnc1SC. The summed E-state index contributed by atoms with van der Waals surface area (Å²) in [7, 11) is 0. The molecule has 3 nitrogen and oxygen atoms in total. The molecule has 0 aliphatic carbocycles. The van der Waals surface area contributed by atoms with E-state index in [1.165, 1.54) is 4.70 Å². The number of nitrogens with zero attached hydrogens (tertiary/aromatic N) is 2. The predicted octanol–water partition coefficient (Wildman–Crippen LogP) is 4.80. The maximum Gasteiger partial charge on any atom is 0.105 e. The van der Waals surface area contributed by atoms with E-state index in [1.807, 2.05) is 30.1 Å². The van der Waals surface area contributed by atoms with E-state index in [0.29, 0.717) is 0 Å².